The molecule has 1 saturated heterocycles. The van der Waals surface area contributed by atoms with E-state index in [4.69, 9.17) is 0 Å². The molecule has 1 aliphatic heterocycles. The zero-order chi connectivity index (χ0) is 15.5. The maximum absolute atomic E-state index is 12.6. The monoisotopic (exact) mass is 298 g/mol. The predicted molar refractivity (Wildman–Crippen MR) is 84.4 cm³/mol. The summed E-state index contributed by atoms with van der Waals surface area (Å²) < 4.78 is 2.07. The van der Waals surface area contributed by atoms with Crippen LogP contribution in [0.25, 0.3) is 5.65 Å². The fourth-order valence-electron chi connectivity index (χ4n) is 3.92. The zero-order valence-electron chi connectivity index (χ0n) is 13.3. The molecule has 2 aliphatic rings. The number of nitrogens with zero attached hydrogens (tertiary/aromatic N) is 2. The summed E-state index contributed by atoms with van der Waals surface area (Å²) in [5, 5.41) is 6.58. The number of carbonyl (C=O) groups is 1. The van der Waals surface area contributed by atoms with Gasteiger partial charge in [-0.3, -0.25) is 4.79 Å². The van der Waals surface area contributed by atoms with Gasteiger partial charge in [-0.2, -0.15) is 0 Å². The molecular weight excluding hydrogens is 276 g/mol. The van der Waals surface area contributed by atoms with Crippen LogP contribution >= 0.6 is 0 Å². The third-order valence-electron chi connectivity index (χ3n) is 5.21. The van der Waals surface area contributed by atoms with E-state index >= 15 is 0 Å². The van der Waals surface area contributed by atoms with Crippen LogP contribution in [0.5, 0.6) is 0 Å². The van der Waals surface area contributed by atoms with Gasteiger partial charge in [0.15, 0.2) is 0 Å². The summed E-state index contributed by atoms with van der Waals surface area (Å²) in [4.78, 5) is 17.0. The van der Waals surface area contributed by atoms with Gasteiger partial charge in [-0.25, -0.2) is 4.98 Å². The zero-order valence-corrected chi connectivity index (χ0v) is 13.3. The Morgan fingerprint density at radius 1 is 1.36 bits per heavy atom. The first kappa shape index (κ1) is 13.8. The number of imidazole rings is 1. The normalized spacial score (nSPS) is 27.0. The van der Waals surface area contributed by atoms with Crippen molar-refractivity contribution in [1.82, 2.24) is 20.0 Å². The number of aromatic nitrogens is 2. The molecule has 2 fully saturated rings. The van der Waals surface area contributed by atoms with Crippen LogP contribution in [0.4, 0.5) is 0 Å². The number of aryl methyl sites for hydroxylation is 1. The lowest BCUT2D eigenvalue weighted by Gasteiger charge is -2.28. The summed E-state index contributed by atoms with van der Waals surface area (Å²) in [6.45, 7) is 8.14. The third-order valence-corrected chi connectivity index (χ3v) is 5.21. The van der Waals surface area contributed by atoms with Crippen molar-refractivity contribution < 1.29 is 4.79 Å². The van der Waals surface area contributed by atoms with Gasteiger partial charge in [0.05, 0.1) is 5.54 Å². The smallest absolute Gasteiger partial charge is 0.224 e. The first-order valence-corrected chi connectivity index (χ1v) is 7.95. The van der Waals surface area contributed by atoms with Crippen molar-refractivity contribution in [3.63, 3.8) is 0 Å². The maximum Gasteiger partial charge on any atom is 0.224 e. The molecule has 0 bridgehead atoms. The molecule has 22 heavy (non-hydrogen) atoms. The van der Waals surface area contributed by atoms with Crippen LogP contribution in [0, 0.1) is 24.7 Å². The van der Waals surface area contributed by atoms with Gasteiger partial charge in [-0.1, -0.05) is 6.07 Å². The SMILES string of the molecule is Cc1ccc(C(C)(C)NC(=O)[C@H]2C3CNC[C@@H]32)n2ccnc12. The van der Waals surface area contributed by atoms with Crippen molar-refractivity contribution in [2.24, 2.45) is 17.8 Å². The quantitative estimate of drug-likeness (QED) is 0.902. The van der Waals surface area contributed by atoms with Crippen LogP contribution in [0.15, 0.2) is 24.5 Å². The van der Waals surface area contributed by atoms with Crippen molar-refractivity contribution in [3.05, 3.63) is 35.8 Å². The van der Waals surface area contributed by atoms with Gasteiger partial charge in [-0.05, 0) is 57.3 Å². The molecule has 3 atom stereocenters. The van der Waals surface area contributed by atoms with E-state index in [9.17, 15) is 4.79 Å². The highest BCUT2D eigenvalue weighted by molar-refractivity contribution is 5.83. The van der Waals surface area contributed by atoms with Crippen molar-refractivity contribution in [3.8, 4) is 0 Å². The lowest BCUT2D eigenvalue weighted by atomic mass is 9.98. The Balaban J connectivity index is 1.61. The average Bonchev–Trinajstić information content (AvgIpc) is 2.85. The van der Waals surface area contributed by atoms with Gasteiger partial charge in [0, 0.05) is 24.0 Å². The molecular formula is C17H22N4O. The second-order valence-electron chi connectivity index (χ2n) is 7.15. The Labute approximate surface area is 130 Å². The minimum absolute atomic E-state index is 0.190. The topological polar surface area (TPSA) is 58.4 Å². The van der Waals surface area contributed by atoms with Gasteiger partial charge in [-0.15, -0.1) is 0 Å². The summed E-state index contributed by atoms with van der Waals surface area (Å²) in [5.74, 6) is 1.48. The Bertz CT molecular complexity index is 738. The first-order chi connectivity index (χ1) is 10.5. The Morgan fingerprint density at radius 2 is 2.09 bits per heavy atom. The lowest BCUT2D eigenvalue weighted by Crippen LogP contribution is -2.44. The number of rotatable bonds is 3. The van der Waals surface area contributed by atoms with Crippen LogP contribution in [0.1, 0.15) is 25.1 Å². The van der Waals surface area contributed by atoms with Crippen LogP contribution in [-0.2, 0) is 10.3 Å². The fourth-order valence-corrected chi connectivity index (χ4v) is 3.92. The van der Waals surface area contributed by atoms with Gasteiger partial charge < -0.3 is 15.0 Å². The van der Waals surface area contributed by atoms with Gasteiger partial charge in [0.1, 0.15) is 5.65 Å². The van der Waals surface area contributed by atoms with E-state index < -0.39 is 5.54 Å². The Kier molecular flexibility index (Phi) is 2.85. The fraction of sp³-hybridized carbons (Fsp3) is 0.529. The van der Waals surface area contributed by atoms with E-state index in [1.165, 1.54) is 0 Å². The van der Waals surface area contributed by atoms with Crippen molar-refractivity contribution in [1.29, 1.82) is 0 Å². The molecule has 5 nitrogen and oxygen atoms in total. The number of hydrogen-bond acceptors (Lipinski definition) is 3. The lowest BCUT2D eigenvalue weighted by molar-refractivity contribution is -0.124. The maximum atomic E-state index is 12.6. The molecule has 2 aromatic rings. The first-order valence-electron chi connectivity index (χ1n) is 7.95. The summed E-state index contributed by atoms with van der Waals surface area (Å²) in [6.07, 6.45) is 3.77. The largest absolute Gasteiger partial charge is 0.345 e. The molecule has 4 rings (SSSR count). The molecule has 1 unspecified atom stereocenters. The molecule has 1 saturated carbocycles. The average molecular weight is 298 g/mol. The number of hydrogen-bond donors (Lipinski definition) is 2. The van der Waals surface area contributed by atoms with Crippen LogP contribution < -0.4 is 10.6 Å². The van der Waals surface area contributed by atoms with Crippen molar-refractivity contribution in [2.75, 3.05) is 13.1 Å². The summed E-state index contributed by atoms with van der Waals surface area (Å²) in [6, 6.07) is 4.15. The molecule has 0 aromatic carbocycles. The molecule has 5 heteroatoms. The van der Waals surface area contributed by atoms with Crippen LogP contribution in [0.2, 0.25) is 0 Å². The van der Waals surface area contributed by atoms with Gasteiger partial charge in [0.25, 0.3) is 0 Å². The third kappa shape index (κ3) is 1.96. The van der Waals surface area contributed by atoms with E-state index in [0.29, 0.717) is 11.8 Å². The van der Waals surface area contributed by atoms with E-state index in [-0.39, 0.29) is 11.8 Å². The van der Waals surface area contributed by atoms with Gasteiger partial charge in [0.2, 0.25) is 5.91 Å². The number of piperidine rings is 1. The van der Waals surface area contributed by atoms with E-state index in [2.05, 4.69) is 52.9 Å². The minimum atomic E-state index is -0.423. The van der Waals surface area contributed by atoms with E-state index in [1.54, 1.807) is 6.20 Å². The molecule has 2 aromatic heterocycles. The molecule has 2 N–H and O–H groups in total. The molecule has 1 amide bonds. The van der Waals surface area contributed by atoms with E-state index in [1.807, 2.05) is 6.20 Å². The van der Waals surface area contributed by atoms with Crippen LogP contribution in [0.3, 0.4) is 0 Å². The molecule has 0 spiro atoms. The molecule has 3 heterocycles. The summed E-state index contributed by atoms with van der Waals surface area (Å²) in [5.41, 5.74) is 2.72. The van der Waals surface area contributed by atoms with Crippen molar-refractivity contribution in [2.45, 2.75) is 26.3 Å². The number of nitrogens with one attached hydrogen (secondary N) is 2. The molecule has 1 aliphatic carbocycles. The van der Waals surface area contributed by atoms with Crippen LogP contribution in [-0.4, -0.2) is 28.4 Å². The highest BCUT2D eigenvalue weighted by Crippen LogP contribution is 2.49. The molecule has 116 valence electrons. The number of pyridine rings is 1. The number of fused-ring (bicyclic) bond motifs is 2. The number of carbonyl (C=O) groups excluding carboxylic acids is 1. The minimum Gasteiger partial charge on any atom is -0.345 e. The number of amides is 1. The Morgan fingerprint density at radius 3 is 2.82 bits per heavy atom. The highest BCUT2D eigenvalue weighted by Gasteiger charge is 2.57. The van der Waals surface area contributed by atoms with Gasteiger partial charge >= 0.3 is 0 Å². The summed E-state index contributed by atoms with van der Waals surface area (Å²) >= 11 is 0. The summed E-state index contributed by atoms with van der Waals surface area (Å²) in [7, 11) is 0. The van der Waals surface area contributed by atoms with E-state index in [0.717, 1.165) is 30.0 Å². The molecule has 0 radical (unpaired) electrons. The Hall–Kier alpha value is -1.88. The highest BCUT2D eigenvalue weighted by atomic mass is 16.2. The second kappa shape index (κ2) is 4.56. The second-order valence-corrected chi connectivity index (χ2v) is 7.15. The predicted octanol–water partition coefficient (Wildman–Crippen LogP) is 1.46. The van der Waals surface area contributed by atoms with Crippen molar-refractivity contribution >= 4 is 11.6 Å². The standard InChI is InChI=1S/C17H22N4O/c1-10-4-5-13(21-7-6-19-15(10)21)17(2,3)20-16(22)14-11-8-18-9-12(11)14/h4-7,11-12,14,18H,8-9H2,1-3H3,(H,20,22)/t11-,12?,14+/m0/s1.